The molecule has 0 aromatic heterocycles. The number of carbonyl (C=O) groups is 1. The van der Waals surface area contributed by atoms with Crippen LogP contribution in [0.4, 0.5) is 0 Å². The summed E-state index contributed by atoms with van der Waals surface area (Å²) < 4.78 is 0. The van der Waals surface area contributed by atoms with E-state index in [4.69, 9.17) is 0 Å². The van der Waals surface area contributed by atoms with Gasteiger partial charge < -0.3 is 9.69 Å². The van der Waals surface area contributed by atoms with Crippen LogP contribution in [0.5, 0.6) is 0 Å². The number of nitrogens with zero attached hydrogens (tertiary/aromatic N) is 1. The van der Waals surface area contributed by atoms with Gasteiger partial charge in [-0.05, 0) is 46.7 Å². The minimum Gasteiger partial charge on any atom is -0.304 e. The van der Waals surface area contributed by atoms with E-state index in [1.165, 1.54) is 0 Å². The summed E-state index contributed by atoms with van der Waals surface area (Å²) in [6, 6.07) is 0.590. The first-order valence-electron chi connectivity index (χ1n) is 4.76. The van der Waals surface area contributed by atoms with Crippen LogP contribution >= 0.6 is 0 Å². The molecule has 0 atom stereocenters. The summed E-state index contributed by atoms with van der Waals surface area (Å²) >= 11 is 0. The third-order valence-electron chi connectivity index (χ3n) is 2.99. The number of carbonyl (C=O) groups excluding carboxylic acids is 1. The average molecular weight is 169 g/mol. The number of rotatable bonds is 5. The van der Waals surface area contributed by atoms with E-state index < -0.39 is 0 Å². The first-order chi connectivity index (χ1) is 5.59. The van der Waals surface area contributed by atoms with E-state index in [0.29, 0.717) is 6.04 Å². The van der Waals surface area contributed by atoms with Crippen LogP contribution in [0.15, 0.2) is 0 Å². The van der Waals surface area contributed by atoms with Crippen LogP contribution < -0.4 is 0 Å². The van der Waals surface area contributed by atoms with E-state index in [9.17, 15) is 4.79 Å². The molecule has 2 nitrogen and oxygen atoms in total. The first kappa shape index (κ1) is 9.72. The average Bonchev–Trinajstić information content (AvgIpc) is 2.81. The molecule has 12 heavy (non-hydrogen) atoms. The maximum Gasteiger partial charge on any atom is 0.126 e. The molecule has 1 saturated carbocycles. The lowest BCUT2D eigenvalue weighted by atomic mass is 10.0. The van der Waals surface area contributed by atoms with Gasteiger partial charge in [0.15, 0.2) is 0 Å². The van der Waals surface area contributed by atoms with E-state index >= 15 is 0 Å². The van der Waals surface area contributed by atoms with Crippen LogP contribution in [0, 0.1) is 5.41 Å². The van der Waals surface area contributed by atoms with Crippen molar-refractivity contribution in [3.8, 4) is 0 Å². The molecule has 0 bridgehead atoms. The Hall–Kier alpha value is -0.370. The third-order valence-corrected chi connectivity index (χ3v) is 2.99. The van der Waals surface area contributed by atoms with Gasteiger partial charge in [0, 0.05) is 11.5 Å². The molecule has 1 rings (SSSR count). The topological polar surface area (TPSA) is 20.3 Å². The van der Waals surface area contributed by atoms with E-state index in [2.05, 4.69) is 25.8 Å². The molecule has 2 heteroatoms. The maximum absolute atomic E-state index is 10.7. The summed E-state index contributed by atoms with van der Waals surface area (Å²) in [7, 11) is 2.12. The lowest BCUT2D eigenvalue weighted by molar-refractivity contribution is -0.112. The van der Waals surface area contributed by atoms with Crippen molar-refractivity contribution in [2.45, 2.75) is 39.2 Å². The second-order valence-electron chi connectivity index (χ2n) is 4.30. The van der Waals surface area contributed by atoms with E-state index in [1.54, 1.807) is 0 Å². The molecule has 0 radical (unpaired) electrons. The van der Waals surface area contributed by atoms with Crippen LogP contribution in [-0.2, 0) is 4.79 Å². The Balaban J connectivity index is 2.21. The van der Waals surface area contributed by atoms with Gasteiger partial charge in [-0.1, -0.05) is 0 Å². The fraction of sp³-hybridized carbons (Fsp3) is 0.900. The highest BCUT2D eigenvalue weighted by molar-refractivity contribution is 5.63. The molecule has 0 unspecified atom stereocenters. The summed E-state index contributed by atoms with van der Waals surface area (Å²) in [6.07, 6.45) is 4.43. The molecule has 0 aromatic carbocycles. The predicted molar refractivity (Wildman–Crippen MR) is 50.1 cm³/mol. The van der Waals surface area contributed by atoms with Gasteiger partial charge in [-0.15, -0.1) is 0 Å². The minimum atomic E-state index is 0.0865. The number of aldehydes is 1. The Morgan fingerprint density at radius 2 is 2.08 bits per heavy atom. The lowest BCUT2D eigenvalue weighted by Gasteiger charge is -2.22. The second kappa shape index (κ2) is 3.56. The summed E-state index contributed by atoms with van der Waals surface area (Å²) in [5.41, 5.74) is 0.0865. The Kier molecular flexibility index (Phi) is 2.89. The molecule has 0 aliphatic heterocycles. The molecule has 1 aliphatic carbocycles. The molecule has 0 saturated heterocycles. The van der Waals surface area contributed by atoms with Gasteiger partial charge in [-0.25, -0.2) is 0 Å². The summed E-state index contributed by atoms with van der Waals surface area (Å²) in [4.78, 5) is 12.9. The van der Waals surface area contributed by atoms with Crippen molar-refractivity contribution in [2.75, 3.05) is 13.6 Å². The Morgan fingerprint density at radius 3 is 2.42 bits per heavy atom. The summed E-state index contributed by atoms with van der Waals surface area (Å²) in [5.74, 6) is 0. The quantitative estimate of drug-likeness (QED) is 0.584. The summed E-state index contributed by atoms with van der Waals surface area (Å²) in [6.45, 7) is 5.41. The molecule has 70 valence electrons. The lowest BCUT2D eigenvalue weighted by Crippen LogP contribution is -2.29. The normalized spacial score (nSPS) is 20.1. The molecular weight excluding hydrogens is 150 g/mol. The highest BCUT2D eigenvalue weighted by Gasteiger charge is 2.41. The van der Waals surface area contributed by atoms with Crippen LogP contribution in [0.1, 0.15) is 33.1 Å². The van der Waals surface area contributed by atoms with Crippen molar-refractivity contribution in [1.29, 1.82) is 0 Å². The van der Waals surface area contributed by atoms with Gasteiger partial charge in [0.2, 0.25) is 0 Å². The number of hydrogen-bond acceptors (Lipinski definition) is 2. The molecule has 0 amide bonds. The Bertz CT molecular complexity index is 161. The van der Waals surface area contributed by atoms with Crippen LogP contribution in [0.3, 0.4) is 0 Å². The molecule has 0 spiro atoms. The molecule has 0 heterocycles. The maximum atomic E-state index is 10.7. The largest absolute Gasteiger partial charge is 0.304 e. The number of hydrogen-bond donors (Lipinski definition) is 0. The monoisotopic (exact) mass is 169 g/mol. The van der Waals surface area contributed by atoms with E-state index in [0.717, 1.165) is 32.1 Å². The zero-order chi connectivity index (χ0) is 9.19. The standard InChI is InChI=1S/C10H19NO/c1-9(2)11(3)7-6-10(8-12)4-5-10/h8-9H,4-7H2,1-3H3. The van der Waals surface area contributed by atoms with Gasteiger partial charge in [0.1, 0.15) is 6.29 Å². The summed E-state index contributed by atoms with van der Waals surface area (Å²) in [5, 5.41) is 0. The van der Waals surface area contributed by atoms with E-state index in [-0.39, 0.29) is 5.41 Å². The predicted octanol–water partition coefficient (Wildman–Crippen LogP) is 1.70. The SMILES string of the molecule is CC(C)N(C)CCC1(C=O)CC1. The van der Waals surface area contributed by atoms with Crippen LogP contribution in [-0.4, -0.2) is 30.8 Å². The second-order valence-corrected chi connectivity index (χ2v) is 4.30. The van der Waals surface area contributed by atoms with Crippen molar-refractivity contribution >= 4 is 6.29 Å². The minimum absolute atomic E-state index is 0.0865. The van der Waals surface area contributed by atoms with Crippen LogP contribution in [0.2, 0.25) is 0 Å². The Labute approximate surface area is 74.9 Å². The van der Waals surface area contributed by atoms with Gasteiger partial charge in [-0.2, -0.15) is 0 Å². The molecule has 0 N–H and O–H groups in total. The van der Waals surface area contributed by atoms with Gasteiger partial charge in [0.25, 0.3) is 0 Å². The van der Waals surface area contributed by atoms with Gasteiger partial charge in [-0.3, -0.25) is 0 Å². The van der Waals surface area contributed by atoms with Gasteiger partial charge >= 0.3 is 0 Å². The fourth-order valence-electron chi connectivity index (χ4n) is 1.24. The Morgan fingerprint density at radius 1 is 1.50 bits per heavy atom. The molecular formula is C10H19NO. The van der Waals surface area contributed by atoms with Crippen molar-refractivity contribution < 1.29 is 4.79 Å². The third kappa shape index (κ3) is 2.31. The molecule has 1 aliphatic rings. The van der Waals surface area contributed by atoms with Gasteiger partial charge in [0.05, 0.1) is 0 Å². The van der Waals surface area contributed by atoms with Crippen molar-refractivity contribution in [1.82, 2.24) is 4.90 Å². The zero-order valence-electron chi connectivity index (χ0n) is 8.34. The zero-order valence-corrected chi connectivity index (χ0v) is 8.34. The molecule has 0 aromatic rings. The fourth-order valence-corrected chi connectivity index (χ4v) is 1.24. The van der Waals surface area contributed by atoms with E-state index in [1.807, 2.05) is 0 Å². The smallest absolute Gasteiger partial charge is 0.126 e. The van der Waals surface area contributed by atoms with Crippen molar-refractivity contribution in [3.63, 3.8) is 0 Å². The van der Waals surface area contributed by atoms with Crippen molar-refractivity contribution in [2.24, 2.45) is 5.41 Å². The highest BCUT2D eigenvalue weighted by atomic mass is 16.1. The molecule has 1 fully saturated rings. The van der Waals surface area contributed by atoms with Crippen LogP contribution in [0.25, 0.3) is 0 Å². The highest BCUT2D eigenvalue weighted by Crippen LogP contribution is 2.46. The first-order valence-corrected chi connectivity index (χ1v) is 4.76. The van der Waals surface area contributed by atoms with Crippen molar-refractivity contribution in [3.05, 3.63) is 0 Å².